The second-order valence-electron chi connectivity index (χ2n) is 5.14. The van der Waals surface area contributed by atoms with Gasteiger partial charge in [0.1, 0.15) is 5.69 Å². The van der Waals surface area contributed by atoms with Crippen molar-refractivity contribution in [3.63, 3.8) is 0 Å². The van der Waals surface area contributed by atoms with Crippen molar-refractivity contribution in [3.05, 3.63) is 64.1 Å². The normalized spacial score (nSPS) is 11.1. The third-order valence-electron chi connectivity index (χ3n) is 3.55. The number of rotatable bonds is 5. The van der Waals surface area contributed by atoms with E-state index in [9.17, 15) is 4.79 Å². The molecule has 3 rings (SSSR count). The fraction of sp³-hybridized carbons (Fsp3) is 0.158. The van der Waals surface area contributed by atoms with E-state index in [4.69, 9.17) is 9.47 Å². The number of ether oxygens (including phenoxy) is 2. The van der Waals surface area contributed by atoms with Crippen LogP contribution in [0.5, 0.6) is 11.5 Å². The number of hydrogen-bond acceptors (Lipinski definition) is 4. The number of hydrogen-bond donors (Lipinski definition) is 1. The molecule has 2 aromatic carbocycles. The molecule has 1 N–H and O–H groups in total. The van der Waals surface area contributed by atoms with Gasteiger partial charge in [0.2, 0.25) is 0 Å². The van der Waals surface area contributed by atoms with Crippen LogP contribution in [0.15, 0.2) is 47.3 Å². The lowest BCUT2D eigenvalue weighted by Crippen LogP contribution is -2.11. The van der Waals surface area contributed by atoms with Gasteiger partial charge in [-0.2, -0.15) is 0 Å². The SMILES string of the molecule is CCOc1ccc(/C=C/c2nc3ccccc3[nH]c2=O)cc1OC. The Bertz CT molecular complexity index is 945. The minimum atomic E-state index is -0.220. The Morgan fingerprint density at radius 3 is 2.75 bits per heavy atom. The summed E-state index contributed by atoms with van der Waals surface area (Å²) in [7, 11) is 1.60. The number of aromatic amines is 1. The van der Waals surface area contributed by atoms with Gasteiger partial charge in [0.05, 0.1) is 24.8 Å². The summed E-state index contributed by atoms with van der Waals surface area (Å²) in [5.74, 6) is 1.35. The van der Waals surface area contributed by atoms with Crippen LogP contribution >= 0.6 is 0 Å². The van der Waals surface area contributed by atoms with E-state index in [1.54, 1.807) is 13.2 Å². The molecular weight excluding hydrogens is 304 g/mol. The molecule has 3 aromatic rings. The highest BCUT2D eigenvalue weighted by Gasteiger charge is 2.05. The molecule has 1 heterocycles. The highest BCUT2D eigenvalue weighted by Crippen LogP contribution is 2.28. The largest absolute Gasteiger partial charge is 0.493 e. The lowest BCUT2D eigenvalue weighted by atomic mass is 10.1. The summed E-state index contributed by atoms with van der Waals surface area (Å²) < 4.78 is 10.8. The van der Waals surface area contributed by atoms with Crippen LogP contribution in [0.3, 0.4) is 0 Å². The maximum Gasteiger partial charge on any atom is 0.274 e. The van der Waals surface area contributed by atoms with Crippen molar-refractivity contribution in [2.75, 3.05) is 13.7 Å². The Morgan fingerprint density at radius 2 is 1.96 bits per heavy atom. The Hall–Kier alpha value is -3.08. The van der Waals surface area contributed by atoms with Crippen molar-refractivity contribution >= 4 is 23.2 Å². The van der Waals surface area contributed by atoms with Gasteiger partial charge in [0.15, 0.2) is 11.5 Å². The maximum absolute atomic E-state index is 12.1. The van der Waals surface area contributed by atoms with Crippen LogP contribution in [0.1, 0.15) is 18.2 Å². The Kier molecular flexibility index (Phi) is 4.61. The molecule has 1 aromatic heterocycles. The number of nitrogens with one attached hydrogen (secondary N) is 1. The molecule has 0 amide bonds. The summed E-state index contributed by atoms with van der Waals surface area (Å²) in [6.07, 6.45) is 3.52. The zero-order chi connectivity index (χ0) is 16.9. The molecule has 0 bridgehead atoms. The predicted octanol–water partition coefficient (Wildman–Crippen LogP) is 3.50. The standard InChI is InChI=1S/C19H18N2O3/c1-3-24-17-11-9-13(12-18(17)23-2)8-10-16-19(22)21-15-7-5-4-6-14(15)20-16/h4-12H,3H2,1-2H3,(H,21,22)/b10-8+. The number of benzene rings is 2. The number of H-pyrrole nitrogens is 1. The Balaban J connectivity index is 1.93. The fourth-order valence-corrected chi connectivity index (χ4v) is 2.39. The van der Waals surface area contributed by atoms with Gasteiger partial charge in [-0.15, -0.1) is 0 Å². The average molecular weight is 322 g/mol. The number of fused-ring (bicyclic) bond motifs is 1. The van der Waals surface area contributed by atoms with E-state index in [2.05, 4.69) is 9.97 Å². The van der Waals surface area contributed by atoms with E-state index in [0.29, 0.717) is 23.8 Å². The van der Waals surface area contributed by atoms with Gasteiger partial charge in [-0.25, -0.2) is 4.98 Å². The van der Waals surface area contributed by atoms with Gasteiger partial charge in [0.25, 0.3) is 5.56 Å². The smallest absolute Gasteiger partial charge is 0.274 e. The summed E-state index contributed by atoms with van der Waals surface area (Å²) >= 11 is 0. The van der Waals surface area contributed by atoms with Crippen LogP contribution < -0.4 is 15.0 Å². The minimum absolute atomic E-state index is 0.220. The monoisotopic (exact) mass is 322 g/mol. The molecule has 0 atom stereocenters. The Labute approximate surface area is 139 Å². The summed E-state index contributed by atoms with van der Waals surface area (Å²) in [5.41, 5.74) is 2.51. The van der Waals surface area contributed by atoms with E-state index < -0.39 is 0 Å². The van der Waals surface area contributed by atoms with Crippen molar-refractivity contribution in [1.29, 1.82) is 0 Å². The third-order valence-corrected chi connectivity index (χ3v) is 3.55. The lowest BCUT2D eigenvalue weighted by Gasteiger charge is -2.09. The van der Waals surface area contributed by atoms with Crippen molar-refractivity contribution in [2.45, 2.75) is 6.92 Å². The second kappa shape index (κ2) is 7.00. The van der Waals surface area contributed by atoms with Crippen LogP contribution in [0, 0.1) is 0 Å². The minimum Gasteiger partial charge on any atom is -0.493 e. The maximum atomic E-state index is 12.1. The van der Waals surface area contributed by atoms with E-state index in [1.165, 1.54) is 0 Å². The molecule has 0 saturated heterocycles. The van der Waals surface area contributed by atoms with Gasteiger partial charge in [-0.1, -0.05) is 24.3 Å². The number of para-hydroxylation sites is 2. The highest BCUT2D eigenvalue weighted by atomic mass is 16.5. The molecule has 0 saturated carbocycles. The first-order chi connectivity index (χ1) is 11.7. The molecule has 5 heteroatoms. The van der Waals surface area contributed by atoms with Gasteiger partial charge in [0, 0.05) is 0 Å². The molecule has 0 aliphatic heterocycles. The first-order valence-electron chi connectivity index (χ1n) is 7.69. The molecule has 0 aliphatic carbocycles. The first-order valence-corrected chi connectivity index (χ1v) is 7.69. The van der Waals surface area contributed by atoms with E-state index in [-0.39, 0.29) is 5.56 Å². The van der Waals surface area contributed by atoms with E-state index in [1.807, 2.05) is 55.5 Å². The highest BCUT2D eigenvalue weighted by molar-refractivity contribution is 5.76. The zero-order valence-electron chi connectivity index (χ0n) is 13.6. The second-order valence-corrected chi connectivity index (χ2v) is 5.14. The van der Waals surface area contributed by atoms with Gasteiger partial charge in [-0.3, -0.25) is 4.79 Å². The third kappa shape index (κ3) is 3.30. The number of methoxy groups -OCH3 is 1. The zero-order valence-corrected chi connectivity index (χ0v) is 13.6. The van der Waals surface area contributed by atoms with Crippen LogP contribution in [0.2, 0.25) is 0 Å². The molecule has 0 aliphatic rings. The molecule has 5 nitrogen and oxygen atoms in total. The summed E-state index contributed by atoms with van der Waals surface area (Å²) in [5, 5.41) is 0. The predicted molar refractivity (Wildman–Crippen MR) is 95.5 cm³/mol. The van der Waals surface area contributed by atoms with Crippen LogP contribution in [0.25, 0.3) is 23.2 Å². The van der Waals surface area contributed by atoms with Gasteiger partial charge >= 0.3 is 0 Å². The summed E-state index contributed by atoms with van der Waals surface area (Å²) in [6.45, 7) is 2.49. The topological polar surface area (TPSA) is 64.2 Å². The van der Waals surface area contributed by atoms with Crippen molar-refractivity contribution in [3.8, 4) is 11.5 Å². The first kappa shape index (κ1) is 15.8. The molecule has 0 unspecified atom stereocenters. The quantitative estimate of drug-likeness (QED) is 0.781. The van der Waals surface area contributed by atoms with E-state index in [0.717, 1.165) is 16.6 Å². The summed E-state index contributed by atoms with van der Waals surface area (Å²) in [4.78, 5) is 19.3. The van der Waals surface area contributed by atoms with Crippen LogP contribution in [-0.4, -0.2) is 23.7 Å². The van der Waals surface area contributed by atoms with Crippen LogP contribution in [-0.2, 0) is 0 Å². The Morgan fingerprint density at radius 1 is 1.12 bits per heavy atom. The van der Waals surface area contributed by atoms with Crippen molar-refractivity contribution in [1.82, 2.24) is 9.97 Å². The number of nitrogens with zero attached hydrogens (tertiary/aromatic N) is 1. The molecule has 0 radical (unpaired) electrons. The van der Waals surface area contributed by atoms with Crippen LogP contribution in [0.4, 0.5) is 0 Å². The molecular formula is C19H18N2O3. The average Bonchev–Trinajstić information content (AvgIpc) is 2.61. The molecule has 0 spiro atoms. The van der Waals surface area contributed by atoms with Crippen molar-refractivity contribution < 1.29 is 9.47 Å². The molecule has 0 fully saturated rings. The fourth-order valence-electron chi connectivity index (χ4n) is 2.39. The molecule has 24 heavy (non-hydrogen) atoms. The number of aromatic nitrogens is 2. The van der Waals surface area contributed by atoms with Gasteiger partial charge in [-0.05, 0) is 42.8 Å². The van der Waals surface area contributed by atoms with Gasteiger partial charge < -0.3 is 14.5 Å². The lowest BCUT2D eigenvalue weighted by molar-refractivity contribution is 0.311. The van der Waals surface area contributed by atoms with E-state index >= 15 is 0 Å². The van der Waals surface area contributed by atoms with Crippen molar-refractivity contribution in [2.24, 2.45) is 0 Å². The molecule has 122 valence electrons. The summed E-state index contributed by atoms with van der Waals surface area (Å²) in [6, 6.07) is 13.0.